The Hall–Kier alpha value is -1.40. The Bertz CT molecular complexity index is 677. The fraction of sp³-hybridized carbons (Fsp3) is 0.500. The van der Waals surface area contributed by atoms with Gasteiger partial charge in [-0.25, -0.2) is 8.42 Å². The number of nitrogens with one attached hydrogen (secondary N) is 1. The number of aryl methyl sites for hydroxylation is 1. The van der Waals surface area contributed by atoms with Crippen LogP contribution in [0, 0.1) is 0 Å². The van der Waals surface area contributed by atoms with E-state index in [1.165, 1.54) is 6.26 Å². The van der Waals surface area contributed by atoms with Gasteiger partial charge in [0.15, 0.2) is 0 Å². The lowest BCUT2D eigenvalue weighted by Gasteiger charge is -2.02. The zero-order valence-corrected chi connectivity index (χ0v) is 12.8. The van der Waals surface area contributed by atoms with Crippen LogP contribution in [0.5, 0.6) is 0 Å². The summed E-state index contributed by atoms with van der Waals surface area (Å²) < 4.78 is 24.3. The van der Waals surface area contributed by atoms with Gasteiger partial charge in [0.1, 0.15) is 9.84 Å². The highest BCUT2D eigenvalue weighted by molar-refractivity contribution is 7.90. The number of hydrogen-bond acceptors (Lipinski definition) is 4. The Morgan fingerprint density at radius 3 is 2.75 bits per heavy atom. The second-order valence-electron chi connectivity index (χ2n) is 4.95. The van der Waals surface area contributed by atoms with Gasteiger partial charge in [0.05, 0.1) is 17.0 Å². The molecule has 0 bridgehead atoms. The lowest BCUT2D eigenvalue weighted by molar-refractivity contribution is 0.577. The summed E-state index contributed by atoms with van der Waals surface area (Å²) in [6.45, 7) is 4.32. The van der Waals surface area contributed by atoms with Crippen LogP contribution in [-0.2, 0) is 22.9 Å². The molecule has 2 aromatic rings. The number of benzene rings is 1. The van der Waals surface area contributed by atoms with E-state index in [0.29, 0.717) is 13.0 Å². The van der Waals surface area contributed by atoms with Gasteiger partial charge in [-0.1, -0.05) is 25.1 Å². The van der Waals surface area contributed by atoms with Gasteiger partial charge in [0.25, 0.3) is 0 Å². The molecular formula is C14H21N3O2S. The molecule has 0 atom stereocenters. The minimum absolute atomic E-state index is 0.198. The van der Waals surface area contributed by atoms with Crippen molar-refractivity contribution in [3.05, 3.63) is 30.0 Å². The third kappa shape index (κ3) is 3.80. The van der Waals surface area contributed by atoms with Crippen molar-refractivity contribution in [1.82, 2.24) is 15.1 Å². The zero-order valence-electron chi connectivity index (χ0n) is 12.0. The van der Waals surface area contributed by atoms with Crippen LogP contribution >= 0.6 is 0 Å². The summed E-state index contributed by atoms with van der Waals surface area (Å²) in [7, 11) is -2.91. The highest BCUT2D eigenvalue weighted by Crippen LogP contribution is 2.18. The van der Waals surface area contributed by atoms with Crippen molar-refractivity contribution in [3.8, 4) is 0 Å². The fourth-order valence-electron chi connectivity index (χ4n) is 2.22. The average Bonchev–Trinajstić information content (AvgIpc) is 2.74. The van der Waals surface area contributed by atoms with Crippen molar-refractivity contribution in [1.29, 1.82) is 0 Å². The van der Waals surface area contributed by atoms with Crippen molar-refractivity contribution in [3.63, 3.8) is 0 Å². The van der Waals surface area contributed by atoms with Crippen LogP contribution in [0.15, 0.2) is 24.3 Å². The molecule has 5 nitrogen and oxygen atoms in total. The molecule has 110 valence electrons. The van der Waals surface area contributed by atoms with E-state index in [1.54, 1.807) is 0 Å². The quantitative estimate of drug-likeness (QED) is 0.842. The number of fused-ring (bicyclic) bond motifs is 1. The lowest BCUT2D eigenvalue weighted by atomic mass is 10.2. The minimum atomic E-state index is -2.91. The van der Waals surface area contributed by atoms with Gasteiger partial charge in [-0.3, -0.25) is 4.68 Å². The van der Waals surface area contributed by atoms with Crippen molar-refractivity contribution < 1.29 is 8.42 Å². The molecule has 0 amide bonds. The maximum Gasteiger partial charge on any atom is 0.147 e. The first kappa shape index (κ1) is 15.0. The Morgan fingerprint density at radius 1 is 1.30 bits per heavy atom. The largest absolute Gasteiger partial charge is 0.311 e. The standard InChI is InChI=1S/C14H21N3O2S/c1-3-15-11-13-12-7-4-5-8-14(12)17(16-13)9-6-10-20(2,18)19/h4-5,7-8,15H,3,6,9-11H2,1-2H3. The first-order valence-corrected chi connectivity index (χ1v) is 8.90. The second-order valence-corrected chi connectivity index (χ2v) is 7.21. The molecule has 1 aromatic carbocycles. The summed E-state index contributed by atoms with van der Waals surface area (Å²) in [6, 6.07) is 8.06. The Labute approximate surface area is 119 Å². The number of rotatable bonds is 7. The lowest BCUT2D eigenvalue weighted by Crippen LogP contribution is -2.13. The van der Waals surface area contributed by atoms with Gasteiger partial charge in [-0.2, -0.15) is 5.10 Å². The van der Waals surface area contributed by atoms with Gasteiger partial charge in [-0.15, -0.1) is 0 Å². The van der Waals surface area contributed by atoms with Crippen LogP contribution in [0.1, 0.15) is 19.0 Å². The van der Waals surface area contributed by atoms with Crippen LogP contribution in [0.3, 0.4) is 0 Å². The van der Waals surface area contributed by atoms with Gasteiger partial charge in [-0.05, 0) is 19.0 Å². The topological polar surface area (TPSA) is 64.0 Å². The van der Waals surface area contributed by atoms with E-state index in [9.17, 15) is 8.42 Å². The Kier molecular flexibility index (Phi) is 4.77. The van der Waals surface area contributed by atoms with Crippen LogP contribution in [0.2, 0.25) is 0 Å². The molecule has 0 unspecified atom stereocenters. The Morgan fingerprint density at radius 2 is 2.05 bits per heavy atom. The second kappa shape index (κ2) is 6.37. The molecule has 0 fully saturated rings. The number of sulfone groups is 1. The molecular weight excluding hydrogens is 274 g/mol. The molecule has 1 aromatic heterocycles. The first-order valence-electron chi connectivity index (χ1n) is 6.84. The van der Waals surface area contributed by atoms with E-state index >= 15 is 0 Å². The van der Waals surface area contributed by atoms with Gasteiger partial charge in [0, 0.05) is 24.7 Å². The van der Waals surface area contributed by atoms with Crippen LogP contribution in [-0.4, -0.2) is 36.8 Å². The molecule has 0 radical (unpaired) electrons. The molecule has 0 saturated heterocycles. The molecule has 1 N–H and O–H groups in total. The van der Waals surface area contributed by atoms with Crippen molar-refractivity contribution >= 4 is 20.7 Å². The van der Waals surface area contributed by atoms with Crippen LogP contribution in [0.25, 0.3) is 10.9 Å². The van der Waals surface area contributed by atoms with E-state index in [-0.39, 0.29) is 5.75 Å². The predicted molar refractivity (Wildman–Crippen MR) is 81.4 cm³/mol. The van der Waals surface area contributed by atoms with E-state index in [4.69, 9.17) is 0 Å². The Balaban J connectivity index is 2.20. The van der Waals surface area contributed by atoms with E-state index in [2.05, 4.69) is 23.4 Å². The molecule has 1 heterocycles. The summed E-state index contributed by atoms with van der Waals surface area (Å²) in [5.74, 6) is 0.198. The maximum atomic E-state index is 11.2. The maximum absolute atomic E-state index is 11.2. The highest BCUT2D eigenvalue weighted by atomic mass is 32.2. The smallest absolute Gasteiger partial charge is 0.147 e. The van der Waals surface area contributed by atoms with Crippen LogP contribution in [0.4, 0.5) is 0 Å². The van der Waals surface area contributed by atoms with E-state index in [0.717, 1.165) is 29.7 Å². The SMILES string of the molecule is CCNCc1nn(CCCS(C)(=O)=O)c2ccccc12. The molecule has 0 saturated carbocycles. The third-order valence-corrected chi connectivity index (χ3v) is 4.19. The van der Waals surface area contributed by atoms with Crippen molar-refractivity contribution in [2.24, 2.45) is 0 Å². The van der Waals surface area contributed by atoms with E-state index in [1.807, 2.05) is 22.9 Å². The number of para-hydroxylation sites is 1. The van der Waals surface area contributed by atoms with Gasteiger partial charge < -0.3 is 5.32 Å². The fourth-order valence-corrected chi connectivity index (χ4v) is 2.87. The third-order valence-electron chi connectivity index (χ3n) is 3.16. The summed E-state index contributed by atoms with van der Waals surface area (Å²) in [5, 5.41) is 9.02. The molecule has 20 heavy (non-hydrogen) atoms. The minimum Gasteiger partial charge on any atom is -0.311 e. The van der Waals surface area contributed by atoms with Crippen LogP contribution < -0.4 is 5.32 Å². The molecule has 0 aliphatic rings. The predicted octanol–water partition coefficient (Wildman–Crippen LogP) is 1.58. The normalized spacial score (nSPS) is 12.1. The monoisotopic (exact) mass is 295 g/mol. The molecule has 0 spiro atoms. The van der Waals surface area contributed by atoms with E-state index < -0.39 is 9.84 Å². The molecule has 0 aliphatic carbocycles. The van der Waals surface area contributed by atoms with Gasteiger partial charge in [0.2, 0.25) is 0 Å². The first-order chi connectivity index (χ1) is 9.51. The summed E-state index contributed by atoms with van der Waals surface area (Å²) in [5.41, 5.74) is 2.08. The summed E-state index contributed by atoms with van der Waals surface area (Å²) >= 11 is 0. The highest BCUT2D eigenvalue weighted by Gasteiger charge is 2.10. The molecule has 2 rings (SSSR count). The van der Waals surface area contributed by atoms with Crippen molar-refractivity contribution in [2.75, 3.05) is 18.6 Å². The molecule has 0 aliphatic heterocycles. The number of nitrogens with zero attached hydrogens (tertiary/aromatic N) is 2. The zero-order chi connectivity index (χ0) is 14.6. The number of hydrogen-bond donors (Lipinski definition) is 1. The number of aromatic nitrogens is 2. The summed E-state index contributed by atoms with van der Waals surface area (Å²) in [4.78, 5) is 0. The molecule has 6 heteroatoms. The average molecular weight is 295 g/mol. The summed E-state index contributed by atoms with van der Waals surface area (Å²) in [6.07, 6.45) is 1.86. The van der Waals surface area contributed by atoms with Crippen molar-refractivity contribution in [2.45, 2.75) is 26.4 Å². The van der Waals surface area contributed by atoms with Gasteiger partial charge >= 0.3 is 0 Å².